The van der Waals surface area contributed by atoms with E-state index in [2.05, 4.69) is 6.92 Å². The zero-order valence-electron chi connectivity index (χ0n) is 18.3. The van der Waals surface area contributed by atoms with Crippen LogP contribution in [-0.4, -0.2) is 35.9 Å². The number of ether oxygens (including phenoxy) is 2. The van der Waals surface area contributed by atoms with E-state index in [4.69, 9.17) is 14.6 Å². The van der Waals surface area contributed by atoms with Gasteiger partial charge >= 0.3 is 11.9 Å². The molecule has 4 aliphatic carbocycles. The van der Waals surface area contributed by atoms with E-state index in [9.17, 15) is 9.59 Å². The standard InChI is InChI=1S/C23H38O5/c1-6-22(4,14-21(2,3)19(25)27-8-7-24)20(26)28-23(5)17-10-15-9-16(12-17)13-18(23)11-15/h15-18,24H,6-14H2,1-5H3. The molecule has 0 aromatic heterocycles. The zero-order valence-corrected chi connectivity index (χ0v) is 18.3. The molecule has 0 heterocycles. The van der Waals surface area contributed by atoms with Gasteiger partial charge in [-0.05, 0) is 96.3 Å². The maximum atomic E-state index is 13.4. The highest BCUT2D eigenvalue weighted by atomic mass is 16.6. The minimum Gasteiger partial charge on any atom is -0.463 e. The van der Waals surface area contributed by atoms with Gasteiger partial charge < -0.3 is 14.6 Å². The summed E-state index contributed by atoms with van der Waals surface area (Å²) in [5.41, 5.74) is -1.91. The summed E-state index contributed by atoms with van der Waals surface area (Å²) in [5.74, 6) is 2.06. The fraction of sp³-hybridized carbons (Fsp3) is 0.913. The number of aliphatic hydroxyl groups excluding tert-OH is 1. The van der Waals surface area contributed by atoms with Crippen LogP contribution in [0.15, 0.2) is 0 Å². The van der Waals surface area contributed by atoms with Crippen molar-refractivity contribution >= 4 is 11.9 Å². The van der Waals surface area contributed by atoms with Crippen molar-refractivity contribution in [2.45, 2.75) is 85.2 Å². The van der Waals surface area contributed by atoms with E-state index >= 15 is 0 Å². The number of hydrogen-bond acceptors (Lipinski definition) is 5. The molecular weight excluding hydrogens is 356 g/mol. The lowest BCUT2D eigenvalue weighted by molar-refractivity contribution is -0.213. The van der Waals surface area contributed by atoms with E-state index in [1.54, 1.807) is 13.8 Å². The molecule has 1 atom stereocenters. The lowest BCUT2D eigenvalue weighted by Crippen LogP contribution is -2.59. The summed E-state index contributed by atoms with van der Waals surface area (Å²) < 4.78 is 11.5. The quantitative estimate of drug-likeness (QED) is 0.627. The predicted octanol–water partition coefficient (Wildman–Crippen LogP) is 4.11. The Morgan fingerprint density at radius 2 is 1.54 bits per heavy atom. The Hall–Kier alpha value is -1.10. The second-order valence-corrected chi connectivity index (χ2v) is 10.7. The van der Waals surface area contributed by atoms with E-state index in [0.29, 0.717) is 24.7 Å². The maximum absolute atomic E-state index is 13.4. The van der Waals surface area contributed by atoms with Crippen molar-refractivity contribution in [3.63, 3.8) is 0 Å². The molecule has 1 N–H and O–H groups in total. The van der Waals surface area contributed by atoms with Gasteiger partial charge in [0.05, 0.1) is 17.4 Å². The molecule has 4 fully saturated rings. The third-order valence-electron chi connectivity index (χ3n) is 8.05. The first-order chi connectivity index (χ1) is 13.0. The van der Waals surface area contributed by atoms with Gasteiger partial charge in [-0.25, -0.2) is 0 Å². The summed E-state index contributed by atoms with van der Waals surface area (Å²) in [6.45, 7) is 9.45. The molecule has 28 heavy (non-hydrogen) atoms. The first-order valence-corrected chi connectivity index (χ1v) is 11.1. The molecule has 0 radical (unpaired) electrons. The van der Waals surface area contributed by atoms with Crippen molar-refractivity contribution in [3.8, 4) is 0 Å². The monoisotopic (exact) mass is 394 g/mol. The summed E-state index contributed by atoms with van der Waals surface area (Å²) in [4.78, 5) is 25.8. The molecule has 0 aliphatic heterocycles. The summed E-state index contributed by atoms with van der Waals surface area (Å²) in [6, 6.07) is 0. The molecule has 5 heteroatoms. The van der Waals surface area contributed by atoms with Crippen LogP contribution in [0.4, 0.5) is 0 Å². The van der Waals surface area contributed by atoms with Gasteiger partial charge in [0, 0.05) is 0 Å². The fourth-order valence-electron chi connectivity index (χ4n) is 6.33. The highest BCUT2D eigenvalue weighted by Gasteiger charge is 2.58. The predicted molar refractivity (Wildman–Crippen MR) is 106 cm³/mol. The Kier molecular flexibility index (Phi) is 5.88. The fourth-order valence-corrected chi connectivity index (χ4v) is 6.33. The van der Waals surface area contributed by atoms with Gasteiger partial charge in [0.15, 0.2) is 0 Å². The number of hydrogen-bond donors (Lipinski definition) is 1. The number of aliphatic hydroxyl groups is 1. The van der Waals surface area contributed by atoms with Crippen LogP contribution in [-0.2, 0) is 19.1 Å². The van der Waals surface area contributed by atoms with Crippen molar-refractivity contribution in [2.24, 2.45) is 34.5 Å². The Bertz CT molecular complexity index is 582. The first kappa shape index (κ1) is 21.6. The summed E-state index contributed by atoms with van der Waals surface area (Å²) in [7, 11) is 0. The van der Waals surface area contributed by atoms with E-state index in [-0.39, 0.29) is 30.8 Å². The average Bonchev–Trinajstić information content (AvgIpc) is 2.63. The van der Waals surface area contributed by atoms with Crippen LogP contribution >= 0.6 is 0 Å². The summed E-state index contributed by atoms with van der Waals surface area (Å²) in [6.07, 6.45) is 7.12. The van der Waals surface area contributed by atoms with Crippen molar-refractivity contribution < 1.29 is 24.2 Å². The van der Waals surface area contributed by atoms with Crippen LogP contribution in [0, 0.1) is 34.5 Å². The molecule has 5 nitrogen and oxygen atoms in total. The molecule has 0 amide bonds. The zero-order chi connectivity index (χ0) is 20.7. The van der Waals surface area contributed by atoms with Gasteiger partial charge in [0.1, 0.15) is 12.2 Å². The van der Waals surface area contributed by atoms with Crippen LogP contribution in [0.25, 0.3) is 0 Å². The maximum Gasteiger partial charge on any atom is 0.312 e. The highest BCUT2D eigenvalue weighted by molar-refractivity contribution is 5.80. The number of esters is 2. The number of rotatable bonds is 8. The topological polar surface area (TPSA) is 72.8 Å². The Morgan fingerprint density at radius 1 is 1.00 bits per heavy atom. The number of carbonyl (C=O) groups excluding carboxylic acids is 2. The normalized spacial score (nSPS) is 36.1. The van der Waals surface area contributed by atoms with Crippen LogP contribution in [0.1, 0.15) is 79.6 Å². The first-order valence-electron chi connectivity index (χ1n) is 11.1. The SMILES string of the molecule is CCC(C)(CC(C)(C)C(=O)OCCO)C(=O)OC1(C)C2CC3CC(C2)CC1C3. The van der Waals surface area contributed by atoms with E-state index in [1.165, 1.54) is 32.1 Å². The molecule has 1 unspecified atom stereocenters. The van der Waals surface area contributed by atoms with Gasteiger partial charge in [0.2, 0.25) is 0 Å². The van der Waals surface area contributed by atoms with Crippen LogP contribution < -0.4 is 0 Å². The van der Waals surface area contributed by atoms with Crippen molar-refractivity contribution in [3.05, 3.63) is 0 Å². The molecule has 4 aliphatic rings. The van der Waals surface area contributed by atoms with Gasteiger partial charge in [-0.2, -0.15) is 0 Å². The van der Waals surface area contributed by atoms with Gasteiger partial charge in [-0.15, -0.1) is 0 Å². The molecule has 160 valence electrons. The smallest absolute Gasteiger partial charge is 0.312 e. The lowest BCUT2D eigenvalue weighted by atomic mass is 9.50. The van der Waals surface area contributed by atoms with Crippen LogP contribution in [0.2, 0.25) is 0 Å². The minimum atomic E-state index is -0.816. The third-order valence-corrected chi connectivity index (χ3v) is 8.05. The Balaban J connectivity index is 1.71. The summed E-state index contributed by atoms with van der Waals surface area (Å²) in [5, 5.41) is 8.91. The molecule has 4 saturated carbocycles. The molecule has 0 aromatic carbocycles. The average molecular weight is 395 g/mol. The second-order valence-electron chi connectivity index (χ2n) is 10.7. The van der Waals surface area contributed by atoms with Crippen molar-refractivity contribution in [1.29, 1.82) is 0 Å². The molecule has 0 saturated heterocycles. The highest BCUT2D eigenvalue weighted by Crippen LogP contribution is 2.60. The lowest BCUT2D eigenvalue weighted by Gasteiger charge is -2.59. The molecular formula is C23H38O5. The largest absolute Gasteiger partial charge is 0.463 e. The third kappa shape index (κ3) is 3.83. The number of carbonyl (C=O) groups is 2. The van der Waals surface area contributed by atoms with E-state index < -0.39 is 10.8 Å². The van der Waals surface area contributed by atoms with Gasteiger partial charge in [-0.3, -0.25) is 9.59 Å². The molecule has 0 spiro atoms. The van der Waals surface area contributed by atoms with Crippen LogP contribution in [0.5, 0.6) is 0 Å². The van der Waals surface area contributed by atoms with E-state index in [1.807, 2.05) is 13.8 Å². The Labute approximate surface area is 169 Å². The van der Waals surface area contributed by atoms with Crippen LogP contribution in [0.3, 0.4) is 0 Å². The second kappa shape index (κ2) is 7.62. The molecule has 4 rings (SSSR count). The summed E-state index contributed by atoms with van der Waals surface area (Å²) >= 11 is 0. The van der Waals surface area contributed by atoms with Crippen molar-refractivity contribution in [1.82, 2.24) is 0 Å². The van der Waals surface area contributed by atoms with Gasteiger partial charge in [-0.1, -0.05) is 6.92 Å². The minimum absolute atomic E-state index is 0.0146. The Morgan fingerprint density at radius 3 is 2.00 bits per heavy atom. The van der Waals surface area contributed by atoms with E-state index in [0.717, 1.165) is 11.8 Å². The molecule has 4 bridgehead atoms. The molecule has 0 aromatic rings. The van der Waals surface area contributed by atoms with Gasteiger partial charge in [0.25, 0.3) is 0 Å². The van der Waals surface area contributed by atoms with Crippen molar-refractivity contribution in [2.75, 3.05) is 13.2 Å².